The lowest BCUT2D eigenvalue weighted by atomic mass is 10.0. The number of hydrogen-bond acceptors (Lipinski definition) is 5. The highest BCUT2D eigenvalue weighted by Crippen LogP contribution is 2.10. The fourth-order valence-corrected chi connectivity index (χ4v) is 1.79. The Bertz CT molecular complexity index is 482. The highest BCUT2D eigenvalue weighted by Gasteiger charge is 2.22. The molecule has 0 spiro atoms. The summed E-state index contributed by atoms with van der Waals surface area (Å²) in [5, 5.41) is 2.89. The van der Waals surface area contributed by atoms with E-state index in [0.717, 1.165) is 0 Å². The van der Waals surface area contributed by atoms with Gasteiger partial charge in [0, 0.05) is 18.9 Å². The van der Waals surface area contributed by atoms with Crippen LogP contribution in [0.15, 0.2) is 17.2 Å². The monoisotopic (exact) mass is 267 g/mol. The molecule has 6 nitrogen and oxygen atoms in total. The van der Waals surface area contributed by atoms with Crippen LogP contribution in [-0.2, 0) is 16.1 Å². The first-order valence-corrected chi connectivity index (χ1v) is 6.39. The number of hydrogen-bond donors (Lipinski definition) is 1. The summed E-state index contributed by atoms with van der Waals surface area (Å²) in [6.45, 7) is 6.43. The van der Waals surface area contributed by atoms with Crippen molar-refractivity contribution < 1.29 is 9.53 Å². The van der Waals surface area contributed by atoms with Gasteiger partial charge in [0.2, 0.25) is 0 Å². The molecule has 1 aromatic heterocycles. The molecule has 0 aliphatic carbocycles. The number of ether oxygens (including phenoxy) is 1. The van der Waals surface area contributed by atoms with Gasteiger partial charge in [0.15, 0.2) is 5.82 Å². The Morgan fingerprint density at radius 2 is 2.21 bits per heavy atom. The van der Waals surface area contributed by atoms with Gasteiger partial charge in [-0.3, -0.25) is 4.79 Å². The van der Waals surface area contributed by atoms with Gasteiger partial charge < -0.3 is 14.6 Å². The lowest BCUT2D eigenvalue weighted by Gasteiger charge is -2.18. The van der Waals surface area contributed by atoms with Crippen LogP contribution >= 0.6 is 0 Å². The van der Waals surface area contributed by atoms with E-state index < -0.39 is 6.04 Å². The van der Waals surface area contributed by atoms with Crippen LogP contribution in [0.25, 0.3) is 0 Å². The number of nitrogens with zero attached hydrogens (tertiary/aromatic N) is 2. The minimum absolute atomic E-state index is 0.181. The van der Waals surface area contributed by atoms with Gasteiger partial charge >= 0.3 is 5.97 Å². The third-order valence-corrected chi connectivity index (χ3v) is 2.76. The summed E-state index contributed by atoms with van der Waals surface area (Å²) in [5.74, 6) is 0.0934. The van der Waals surface area contributed by atoms with E-state index in [1.165, 1.54) is 17.9 Å². The third-order valence-electron chi connectivity index (χ3n) is 2.76. The molecule has 0 saturated carbocycles. The average Bonchev–Trinajstić information content (AvgIpc) is 2.38. The van der Waals surface area contributed by atoms with Gasteiger partial charge in [-0.15, -0.1) is 0 Å². The van der Waals surface area contributed by atoms with Gasteiger partial charge in [-0.1, -0.05) is 13.8 Å². The van der Waals surface area contributed by atoms with Crippen LogP contribution in [-0.4, -0.2) is 28.7 Å². The molecule has 0 fully saturated rings. The molecule has 106 valence electrons. The van der Waals surface area contributed by atoms with Gasteiger partial charge in [-0.25, -0.2) is 9.78 Å². The number of aromatic nitrogens is 2. The van der Waals surface area contributed by atoms with Gasteiger partial charge in [-0.05, 0) is 19.3 Å². The summed E-state index contributed by atoms with van der Waals surface area (Å²) in [5.41, 5.74) is -0.234. The zero-order valence-electron chi connectivity index (χ0n) is 11.8. The largest absolute Gasteiger partial charge is 0.467 e. The molecule has 1 atom stereocenters. The minimum atomic E-state index is -0.557. The van der Waals surface area contributed by atoms with Crippen LogP contribution < -0.4 is 10.9 Å². The normalized spacial score (nSPS) is 12.3. The summed E-state index contributed by atoms with van der Waals surface area (Å²) < 4.78 is 6.27. The molecule has 0 bridgehead atoms. The van der Waals surface area contributed by atoms with E-state index in [-0.39, 0.29) is 17.3 Å². The van der Waals surface area contributed by atoms with E-state index in [4.69, 9.17) is 4.74 Å². The van der Waals surface area contributed by atoms with E-state index >= 15 is 0 Å². The molecule has 6 heteroatoms. The number of nitrogens with one attached hydrogen (secondary N) is 1. The molecule has 0 aromatic carbocycles. The maximum absolute atomic E-state index is 12.0. The molecule has 1 aromatic rings. The van der Waals surface area contributed by atoms with Gasteiger partial charge in [0.25, 0.3) is 5.56 Å². The molecule has 0 aliphatic rings. The van der Waals surface area contributed by atoms with Gasteiger partial charge in [0.05, 0.1) is 7.11 Å². The summed E-state index contributed by atoms with van der Waals surface area (Å²) in [7, 11) is 1.33. The maximum atomic E-state index is 12.0. The first-order chi connectivity index (χ1) is 8.99. The molecular weight excluding hydrogens is 246 g/mol. The van der Waals surface area contributed by atoms with Crippen molar-refractivity contribution in [2.45, 2.75) is 39.8 Å². The van der Waals surface area contributed by atoms with Crippen LogP contribution in [0, 0.1) is 5.92 Å². The average molecular weight is 267 g/mol. The van der Waals surface area contributed by atoms with E-state index in [9.17, 15) is 9.59 Å². The molecule has 1 heterocycles. The molecule has 19 heavy (non-hydrogen) atoms. The first-order valence-electron chi connectivity index (χ1n) is 6.39. The van der Waals surface area contributed by atoms with E-state index in [1.807, 2.05) is 20.8 Å². The van der Waals surface area contributed by atoms with Crippen molar-refractivity contribution >= 4 is 11.8 Å². The van der Waals surface area contributed by atoms with Crippen LogP contribution in [0.3, 0.4) is 0 Å². The highest BCUT2D eigenvalue weighted by molar-refractivity contribution is 5.78. The zero-order chi connectivity index (χ0) is 14.4. The summed E-state index contributed by atoms with van der Waals surface area (Å²) in [6.07, 6.45) is 3.73. The smallest absolute Gasteiger partial charge is 0.328 e. The molecule has 1 N–H and O–H groups in total. The second-order valence-corrected chi connectivity index (χ2v) is 4.72. The van der Waals surface area contributed by atoms with Gasteiger partial charge in [-0.2, -0.15) is 0 Å². The van der Waals surface area contributed by atoms with Crippen LogP contribution in [0.4, 0.5) is 5.82 Å². The van der Waals surface area contributed by atoms with E-state index in [0.29, 0.717) is 18.9 Å². The zero-order valence-corrected chi connectivity index (χ0v) is 11.8. The fourth-order valence-electron chi connectivity index (χ4n) is 1.79. The predicted molar refractivity (Wildman–Crippen MR) is 73.1 cm³/mol. The number of carbonyl (C=O) groups is 1. The van der Waals surface area contributed by atoms with Crippen LogP contribution in [0.5, 0.6) is 0 Å². The Morgan fingerprint density at radius 1 is 1.53 bits per heavy atom. The summed E-state index contributed by atoms with van der Waals surface area (Å²) >= 11 is 0. The van der Waals surface area contributed by atoms with Crippen molar-refractivity contribution in [3.8, 4) is 0 Å². The van der Waals surface area contributed by atoms with Crippen LogP contribution in [0.2, 0.25) is 0 Å². The third kappa shape index (κ3) is 4.08. The first kappa shape index (κ1) is 15.2. The SMILES string of the molecule is CCn1ccnc(NC(CC(C)C)C(=O)OC)c1=O. The number of methoxy groups -OCH3 is 1. The second-order valence-electron chi connectivity index (χ2n) is 4.72. The maximum Gasteiger partial charge on any atom is 0.328 e. The van der Waals surface area contributed by atoms with Crippen molar-refractivity contribution in [1.29, 1.82) is 0 Å². The molecule has 1 rings (SSSR count). The standard InChI is InChI=1S/C13H21N3O3/c1-5-16-7-6-14-11(12(16)17)15-10(8-9(2)3)13(18)19-4/h6-7,9-10H,5,8H2,1-4H3,(H,14,15). The number of rotatable bonds is 6. The van der Waals surface area contributed by atoms with Gasteiger partial charge in [0.1, 0.15) is 6.04 Å². The van der Waals surface area contributed by atoms with Crippen molar-refractivity contribution in [3.63, 3.8) is 0 Å². The molecule has 0 amide bonds. The molecular formula is C13H21N3O3. The lowest BCUT2D eigenvalue weighted by molar-refractivity contribution is -0.141. The van der Waals surface area contributed by atoms with Crippen molar-refractivity contribution in [1.82, 2.24) is 9.55 Å². The molecule has 0 saturated heterocycles. The summed E-state index contributed by atoms with van der Waals surface area (Å²) in [6, 6.07) is -0.557. The van der Waals surface area contributed by atoms with Crippen molar-refractivity contribution in [3.05, 3.63) is 22.7 Å². The predicted octanol–water partition coefficient (Wildman–Crippen LogP) is 1.26. The molecule has 1 unspecified atom stereocenters. The summed E-state index contributed by atoms with van der Waals surface area (Å²) in [4.78, 5) is 27.7. The molecule has 0 radical (unpaired) electrons. The number of anilines is 1. The Balaban J connectivity index is 2.96. The highest BCUT2D eigenvalue weighted by atomic mass is 16.5. The quantitative estimate of drug-likeness (QED) is 0.786. The molecule has 0 aliphatic heterocycles. The van der Waals surface area contributed by atoms with Crippen LogP contribution in [0.1, 0.15) is 27.2 Å². The Morgan fingerprint density at radius 3 is 2.74 bits per heavy atom. The fraction of sp³-hybridized carbons (Fsp3) is 0.615. The van der Waals surface area contributed by atoms with E-state index in [2.05, 4.69) is 10.3 Å². The Labute approximate surface area is 112 Å². The van der Waals surface area contributed by atoms with E-state index in [1.54, 1.807) is 6.20 Å². The number of carbonyl (C=O) groups excluding carboxylic acids is 1. The Kier molecular flexibility index (Phi) is 5.54. The van der Waals surface area contributed by atoms with Crippen molar-refractivity contribution in [2.75, 3.05) is 12.4 Å². The number of esters is 1. The topological polar surface area (TPSA) is 73.2 Å². The Hall–Kier alpha value is -1.85. The second kappa shape index (κ2) is 6.92. The lowest BCUT2D eigenvalue weighted by Crippen LogP contribution is -2.36. The van der Waals surface area contributed by atoms with Crippen molar-refractivity contribution in [2.24, 2.45) is 5.92 Å². The minimum Gasteiger partial charge on any atom is -0.467 e. The number of aryl methyl sites for hydroxylation is 1.